The Morgan fingerprint density at radius 1 is 1.44 bits per heavy atom. The summed E-state index contributed by atoms with van der Waals surface area (Å²) in [5.74, 6) is 0. The molecule has 0 radical (unpaired) electrons. The van der Waals surface area contributed by atoms with Crippen LogP contribution in [0.3, 0.4) is 0 Å². The third-order valence-electron chi connectivity index (χ3n) is 2.74. The highest BCUT2D eigenvalue weighted by Crippen LogP contribution is 2.22. The van der Waals surface area contributed by atoms with Crippen LogP contribution in [0.2, 0.25) is 0 Å². The van der Waals surface area contributed by atoms with Crippen molar-refractivity contribution in [2.75, 3.05) is 26.2 Å². The molecule has 1 heterocycles. The van der Waals surface area contributed by atoms with Gasteiger partial charge in [-0.15, -0.1) is 0 Å². The SMILES string of the molecule is C=CC1=C(C=C)C(CNCCN)OCCC1. The van der Waals surface area contributed by atoms with Gasteiger partial charge in [0.05, 0.1) is 6.10 Å². The van der Waals surface area contributed by atoms with Crippen molar-refractivity contribution in [3.8, 4) is 0 Å². The van der Waals surface area contributed by atoms with E-state index in [-0.39, 0.29) is 6.10 Å². The molecule has 0 amide bonds. The normalized spacial score (nSPS) is 21.7. The second kappa shape index (κ2) is 7.39. The summed E-state index contributed by atoms with van der Waals surface area (Å²) in [6, 6.07) is 0. The maximum Gasteiger partial charge on any atom is 0.0951 e. The Bertz CT molecular complexity index is 271. The Kier molecular flexibility index (Phi) is 6.08. The lowest BCUT2D eigenvalue weighted by Gasteiger charge is -2.19. The van der Waals surface area contributed by atoms with Crippen LogP contribution >= 0.6 is 0 Å². The van der Waals surface area contributed by atoms with E-state index in [1.807, 2.05) is 12.2 Å². The average molecular weight is 222 g/mol. The lowest BCUT2D eigenvalue weighted by Crippen LogP contribution is -2.33. The molecule has 90 valence electrons. The lowest BCUT2D eigenvalue weighted by molar-refractivity contribution is 0.0829. The van der Waals surface area contributed by atoms with E-state index >= 15 is 0 Å². The molecule has 3 N–H and O–H groups in total. The number of ether oxygens (including phenoxy) is 1. The van der Waals surface area contributed by atoms with Crippen molar-refractivity contribution < 1.29 is 4.74 Å². The zero-order valence-corrected chi connectivity index (χ0v) is 9.87. The van der Waals surface area contributed by atoms with Crippen molar-refractivity contribution in [1.82, 2.24) is 5.32 Å². The third kappa shape index (κ3) is 3.59. The number of hydrogen-bond acceptors (Lipinski definition) is 3. The molecule has 0 spiro atoms. The number of rotatable bonds is 6. The van der Waals surface area contributed by atoms with E-state index in [0.717, 1.165) is 38.1 Å². The molecule has 0 aliphatic carbocycles. The molecule has 0 aromatic carbocycles. The summed E-state index contributed by atoms with van der Waals surface area (Å²) < 4.78 is 5.80. The molecule has 0 fully saturated rings. The highest BCUT2D eigenvalue weighted by Gasteiger charge is 2.18. The van der Waals surface area contributed by atoms with Crippen molar-refractivity contribution in [2.24, 2.45) is 5.73 Å². The summed E-state index contributed by atoms with van der Waals surface area (Å²) in [6.07, 6.45) is 5.96. The summed E-state index contributed by atoms with van der Waals surface area (Å²) in [4.78, 5) is 0. The van der Waals surface area contributed by atoms with Gasteiger partial charge in [-0.1, -0.05) is 25.3 Å². The number of nitrogens with one attached hydrogen (secondary N) is 1. The van der Waals surface area contributed by atoms with Gasteiger partial charge in [-0.25, -0.2) is 0 Å². The van der Waals surface area contributed by atoms with Gasteiger partial charge in [0.2, 0.25) is 0 Å². The maximum atomic E-state index is 5.80. The molecule has 0 saturated carbocycles. The second-order valence-corrected chi connectivity index (χ2v) is 3.84. The van der Waals surface area contributed by atoms with Gasteiger partial charge in [0.25, 0.3) is 0 Å². The van der Waals surface area contributed by atoms with Crippen LogP contribution in [0.1, 0.15) is 12.8 Å². The quantitative estimate of drug-likeness (QED) is 0.668. The zero-order valence-electron chi connectivity index (χ0n) is 9.87. The van der Waals surface area contributed by atoms with Crippen molar-refractivity contribution in [3.63, 3.8) is 0 Å². The minimum absolute atomic E-state index is 0.0829. The number of nitrogens with two attached hydrogens (primary N) is 1. The Balaban J connectivity index is 2.70. The van der Waals surface area contributed by atoms with E-state index in [1.165, 1.54) is 5.57 Å². The van der Waals surface area contributed by atoms with Gasteiger partial charge in [-0.05, 0) is 24.0 Å². The van der Waals surface area contributed by atoms with Crippen molar-refractivity contribution >= 4 is 0 Å². The Hall–Kier alpha value is -0.900. The fraction of sp³-hybridized carbons (Fsp3) is 0.538. The van der Waals surface area contributed by atoms with Crippen LogP contribution in [0.15, 0.2) is 36.5 Å². The van der Waals surface area contributed by atoms with Gasteiger partial charge in [0, 0.05) is 26.2 Å². The van der Waals surface area contributed by atoms with E-state index in [1.54, 1.807) is 0 Å². The average Bonchev–Trinajstić information content (AvgIpc) is 2.51. The molecular formula is C13H22N2O. The molecule has 0 saturated heterocycles. The van der Waals surface area contributed by atoms with Crippen molar-refractivity contribution in [2.45, 2.75) is 18.9 Å². The van der Waals surface area contributed by atoms with Crippen LogP contribution < -0.4 is 11.1 Å². The van der Waals surface area contributed by atoms with Crippen molar-refractivity contribution in [1.29, 1.82) is 0 Å². The molecule has 16 heavy (non-hydrogen) atoms. The minimum atomic E-state index is 0.0829. The van der Waals surface area contributed by atoms with Gasteiger partial charge in [-0.2, -0.15) is 0 Å². The molecule has 1 rings (SSSR count). The van der Waals surface area contributed by atoms with E-state index < -0.39 is 0 Å². The molecule has 0 bridgehead atoms. The smallest absolute Gasteiger partial charge is 0.0951 e. The van der Waals surface area contributed by atoms with Crippen LogP contribution in [0.25, 0.3) is 0 Å². The first kappa shape index (κ1) is 13.2. The van der Waals surface area contributed by atoms with Crippen LogP contribution in [-0.4, -0.2) is 32.3 Å². The van der Waals surface area contributed by atoms with E-state index in [4.69, 9.17) is 10.5 Å². The predicted octanol–water partition coefficient (Wildman–Crippen LogP) is 1.38. The molecule has 1 aliphatic rings. The predicted molar refractivity (Wildman–Crippen MR) is 68.3 cm³/mol. The summed E-state index contributed by atoms with van der Waals surface area (Å²) in [5, 5.41) is 3.28. The zero-order chi connectivity index (χ0) is 11.8. The molecule has 0 aromatic rings. The van der Waals surface area contributed by atoms with Gasteiger partial charge in [-0.3, -0.25) is 0 Å². The topological polar surface area (TPSA) is 47.3 Å². The minimum Gasteiger partial charge on any atom is -0.372 e. The second-order valence-electron chi connectivity index (χ2n) is 3.84. The van der Waals surface area contributed by atoms with E-state index in [2.05, 4.69) is 18.5 Å². The highest BCUT2D eigenvalue weighted by atomic mass is 16.5. The van der Waals surface area contributed by atoms with Crippen LogP contribution in [0.4, 0.5) is 0 Å². The first-order valence-electron chi connectivity index (χ1n) is 5.83. The van der Waals surface area contributed by atoms with Crippen LogP contribution in [-0.2, 0) is 4.74 Å². The van der Waals surface area contributed by atoms with E-state index in [9.17, 15) is 0 Å². The number of hydrogen-bond donors (Lipinski definition) is 2. The highest BCUT2D eigenvalue weighted by molar-refractivity contribution is 5.35. The third-order valence-corrected chi connectivity index (χ3v) is 2.74. The Morgan fingerprint density at radius 3 is 2.88 bits per heavy atom. The first-order chi connectivity index (χ1) is 7.83. The van der Waals surface area contributed by atoms with E-state index in [0.29, 0.717) is 6.54 Å². The summed E-state index contributed by atoms with van der Waals surface area (Å²) in [6.45, 7) is 10.8. The van der Waals surface area contributed by atoms with Gasteiger partial charge in [0.1, 0.15) is 0 Å². The fourth-order valence-corrected chi connectivity index (χ4v) is 1.92. The molecule has 3 nitrogen and oxygen atoms in total. The molecule has 3 heteroatoms. The Labute approximate surface area is 98.0 Å². The summed E-state index contributed by atoms with van der Waals surface area (Å²) in [7, 11) is 0. The molecule has 1 unspecified atom stereocenters. The van der Waals surface area contributed by atoms with Crippen molar-refractivity contribution in [3.05, 3.63) is 36.5 Å². The number of allylic oxidation sites excluding steroid dienone is 2. The Morgan fingerprint density at radius 2 is 2.25 bits per heavy atom. The van der Waals surface area contributed by atoms with Gasteiger partial charge < -0.3 is 15.8 Å². The first-order valence-corrected chi connectivity index (χ1v) is 5.83. The monoisotopic (exact) mass is 222 g/mol. The largest absolute Gasteiger partial charge is 0.372 e. The standard InChI is InChI=1S/C13H22N2O/c1-3-11-6-5-9-16-13(12(11)4-2)10-15-8-7-14/h3-4,13,15H,1-2,5-10,14H2. The lowest BCUT2D eigenvalue weighted by atomic mass is 10.00. The summed E-state index contributed by atoms with van der Waals surface area (Å²) in [5.41, 5.74) is 7.86. The fourth-order valence-electron chi connectivity index (χ4n) is 1.92. The molecular weight excluding hydrogens is 200 g/mol. The molecule has 1 atom stereocenters. The molecule has 1 aliphatic heterocycles. The summed E-state index contributed by atoms with van der Waals surface area (Å²) >= 11 is 0. The maximum absolute atomic E-state index is 5.80. The van der Waals surface area contributed by atoms with Gasteiger partial charge >= 0.3 is 0 Å². The van der Waals surface area contributed by atoms with Crippen LogP contribution in [0, 0.1) is 0 Å². The molecule has 0 aromatic heterocycles. The van der Waals surface area contributed by atoms with Crippen LogP contribution in [0.5, 0.6) is 0 Å². The van der Waals surface area contributed by atoms with Gasteiger partial charge in [0.15, 0.2) is 0 Å².